The topological polar surface area (TPSA) is 71.3 Å². The van der Waals surface area contributed by atoms with Crippen LogP contribution < -0.4 is 14.8 Å². The molecule has 5 nitrogen and oxygen atoms in total. The van der Waals surface area contributed by atoms with E-state index in [4.69, 9.17) is 21.7 Å². The first kappa shape index (κ1) is 17.0. The molecule has 0 spiro atoms. The molecule has 1 N–H and O–H groups in total. The van der Waals surface area contributed by atoms with Crippen LogP contribution in [-0.4, -0.2) is 31.0 Å². The van der Waals surface area contributed by atoms with Gasteiger partial charge in [0.25, 0.3) is 0 Å². The van der Waals surface area contributed by atoms with Gasteiger partial charge in [-0.25, -0.2) is 0 Å². The number of carbonyl (C=O) groups excluding carboxylic acids is 1. The minimum absolute atomic E-state index is 0.0231. The van der Waals surface area contributed by atoms with Crippen molar-refractivity contribution in [3.8, 4) is 17.6 Å². The standard InChI is InChI=1S/C17H18N2O3S/c1-9-15(10(2)20)16(12(8-18)17(23)19-9)11-5-6-13(21-3)14(7-11)22-4/h5-7,9,15H,1-4H3,(H,19,23). The SMILES string of the molecule is COc1ccc(C2=C(C#N)C(=S)NC(C)C2C(C)=O)cc1OC. The zero-order valence-electron chi connectivity index (χ0n) is 13.5. The van der Waals surface area contributed by atoms with Gasteiger partial charge >= 0.3 is 0 Å². The van der Waals surface area contributed by atoms with E-state index in [9.17, 15) is 10.1 Å². The van der Waals surface area contributed by atoms with E-state index in [0.717, 1.165) is 5.56 Å². The van der Waals surface area contributed by atoms with Crippen LogP contribution in [0.4, 0.5) is 0 Å². The maximum atomic E-state index is 12.2. The largest absolute Gasteiger partial charge is 0.493 e. The number of Topliss-reactive ketones (excluding diaryl/α,β-unsaturated/α-hetero) is 1. The summed E-state index contributed by atoms with van der Waals surface area (Å²) in [5.74, 6) is 0.646. The highest BCUT2D eigenvalue weighted by Gasteiger charge is 2.35. The number of thiocarbonyl (C=S) groups is 1. The molecule has 1 heterocycles. The molecule has 0 radical (unpaired) electrons. The van der Waals surface area contributed by atoms with Gasteiger partial charge in [-0.3, -0.25) is 4.79 Å². The van der Waals surface area contributed by atoms with Crippen molar-refractivity contribution in [1.82, 2.24) is 5.32 Å². The molecule has 0 aliphatic carbocycles. The second-order valence-corrected chi connectivity index (χ2v) is 5.73. The summed E-state index contributed by atoms with van der Waals surface area (Å²) < 4.78 is 10.6. The first-order valence-electron chi connectivity index (χ1n) is 7.12. The monoisotopic (exact) mass is 330 g/mol. The third kappa shape index (κ3) is 3.06. The Morgan fingerprint density at radius 1 is 1.30 bits per heavy atom. The Kier molecular flexibility index (Phi) is 5.02. The predicted molar refractivity (Wildman–Crippen MR) is 91.4 cm³/mol. The molecule has 23 heavy (non-hydrogen) atoms. The number of hydrogen-bond acceptors (Lipinski definition) is 5. The van der Waals surface area contributed by atoms with Crippen molar-refractivity contribution in [3.63, 3.8) is 0 Å². The zero-order chi connectivity index (χ0) is 17.1. The lowest BCUT2D eigenvalue weighted by atomic mass is 9.79. The van der Waals surface area contributed by atoms with Gasteiger partial charge in [0.1, 0.15) is 16.8 Å². The Hall–Kier alpha value is -2.39. The van der Waals surface area contributed by atoms with E-state index in [1.165, 1.54) is 6.92 Å². The van der Waals surface area contributed by atoms with Crippen LogP contribution in [0.1, 0.15) is 19.4 Å². The van der Waals surface area contributed by atoms with Gasteiger partial charge in [-0.2, -0.15) is 5.26 Å². The van der Waals surface area contributed by atoms with Crippen molar-refractivity contribution in [3.05, 3.63) is 29.3 Å². The van der Waals surface area contributed by atoms with Crippen molar-refractivity contribution in [2.45, 2.75) is 19.9 Å². The third-order valence-electron chi connectivity index (χ3n) is 3.91. The summed E-state index contributed by atoms with van der Waals surface area (Å²) in [5.41, 5.74) is 1.69. The van der Waals surface area contributed by atoms with Crippen LogP contribution in [0.5, 0.6) is 11.5 Å². The number of nitrogens with one attached hydrogen (secondary N) is 1. The van der Waals surface area contributed by atoms with Crippen LogP contribution in [0.15, 0.2) is 23.8 Å². The summed E-state index contributed by atoms with van der Waals surface area (Å²) in [7, 11) is 3.09. The number of methoxy groups -OCH3 is 2. The van der Waals surface area contributed by atoms with Crippen LogP contribution in [0, 0.1) is 17.2 Å². The molecule has 2 unspecified atom stereocenters. The summed E-state index contributed by atoms with van der Waals surface area (Å²) in [6.07, 6.45) is 0. The van der Waals surface area contributed by atoms with E-state index in [-0.39, 0.29) is 11.8 Å². The van der Waals surface area contributed by atoms with Crippen molar-refractivity contribution < 1.29 is 14.3 Å². The maximum Gasteiger partial charge on any atom is 0.161 e. The van der Waals surface area contributed by atoms with Gasteiger partial charge in [-0.1, -0.05) is 18.3 Å². The van der Waals surface area contributed by atoms with Crippen molar-refractivity contribution in [1.29, 1.82) is 5.26 Å². The number of benzene rings is 1. The number of nitriles is 1. The highest BCUT2D eigenvalue weighted by atomic mass is 32.1. The molecule has 2 rings (SSSR count). The van der Waals surface area contributed by atoms with E-state index in [2.05, 4.69) is 11.4 Å². The normalized spacial score (nSPS) is 20.6. The number of carbonyl (C=O) groups is 1. The number of rotatable bonds is 4. The molecule has 0 saturated heterocycles. The average Bonchev–Trinajstić information content (AvgIpc) is 2.53. The summed E-state index contributed by atoms with van der Waals surface area (Å²) in [6.45, 7) is 3.40. The van der Waals surface area contributed by atoms with Crippen molar-refractivity contribution in [2.75, 3.05) is 14.2 Å². The van der Waals surface area contributed by atoms with Crippen LogP contribution in [0.2, 0.25) is 0 Å². The number of ketones is 1. The fourth-order valence-electron chi connectivity index (χ4n) is 2.88. The zero-order valence-corrected chi connectivity index (χ0v) is 14.3. The Labute approximate surface area is 140 Å². The Morgan fingerprint density at radius 3 is 2.48 bits per heavy atom. The predicted octanol–water partition coefficient (Wildman–Crippen LogP) is 2.51. The van der Waals surface area contributed by atoms with Crippen LogP contribution in [-0.2, 0) is 4.79 Å². The molecule has 0 fully saturated rings. The van der Waals surface area contributed by atoms with E-state index in [1.807, 2.05) is 13.0 Å². The fraction of sp³-hybridized carbons (Fsp3) is 0.353. The molecule has 0 saturated carbocycles. The molecule has 1 aliphatic heterocycles. The highest BCUT2D eigenvalue weighted by Crippen LogP contribution is 2.38. The van der Waals surface area contributed by atoms with E-state index in [0.29, 0.717) is 27.6 Å². The molecule has 6 heteroatoms. The molecule has 0 amide bonds. The lowest BCUT2D eigenvalue weighted by Crippen LogP contribution is -2.45. The fourth-order valence-corrected chi connectivity index (χ4v) is 3.23. The highest BCUT2D eigenvalue weighted by molar-refractivity contribution is 7.80. The van der Waals surface area contributed by atoms with Gasteiger partial charge in [0, 0.05) is 6.04 Å². The summed E-state index contributed by atoms with van der Waals surface area (Å²) in [5, 5.41) is 12.5. The molecule has 0 aromatic heterocycles. The van der Waals surface area contributed by atoms with Gasteiger partial charge < -0.3 is 14.8 Å². The minimum atomic E-state index is -0.450. The van der Waals surface area contributed by atoms with Gasteiger partial charge in [0.15, 0.2) is 11.5 Å². The smallest absolute Gasteiger partial charge is 0.161 e. The Balaban J connectivity index is 2.71. The van der Waals surface area contributed by atoms with Gasteiger partial charge in [-0.05, 0) is 37.1 Å². The average molecular weight is 330 g/mol. The second kappa shape index (κ2) is 6.80. The van der Waals surface area contributed by atoms with Crippen LogP contribution >= 0.6 is 12.2 Å². The molecule has 1 aliphatic rings. The molecule has 2 atom stereocenters. The molecular weight excluding hydrogens is 312 g/mol. The van der Waals surface area contributed by atoms with Crippen LogP contribution in [0.25, 0.3) is 5.57 Å². The van der Waals surface area contributed by atoms with Gasteiger partial charge in [0.2, 0.25) is 0 Å². The number of hydrogen-bond donors (Lipinski definition) is 1. The number of ether oxygens (including phenoxy) is 2. The lowest BCUT2D eigenvalue weighted by molar-refractivity contribution is -0.119. The molecule has 120 valence electrons. The third-order valence-corrected chi connectivity index (χ3v) is 4.23. The lowest BCUT2D eigenvalue weighted by Gasteiger charge is -2.32. The number of nitrogens with zero attached hydrogens (tertiary/aromatic N) is 1. The Morgan fingerprint density at radius 2 is 1.96 bits per heavy atom. The van der Waals surface area contributed by atoms with E-state index < -0.39 is 5.92 Å². The molecule has 0 bridgehead atoms. The van der Waals surface area contributed by atoms with E-state index >= 15 is 0 Å². The van der Waals surface area contributed by atoms with Gasteiger partial charge in [0.05, 0.1) is 25.7 Å². The quantitative estimate of drug-likeness (QED) is 0.855. The van der Waals surface area contributed by atoms with Crippen molar-refractivity contribution in [2.24, 2.45) is 5.92 Å². The minimum Gasteiger partial charge on any atom is -0.493 e. The first-order valence-corrected chi connectivity index (χ1v) is 7.53. The van der Waals surface area contributed by atoms with Crippen LogP contribution in [0.3, 0.4) is 0 Å². The Bertz CT molecular complexity index is 734. The molecule has 1 aromatic rings. The summed E-state index contributed by atoms with van der Waals surface area (Å²) in [6, 6.07) is 7.27. The molecule has 1 aromatic carbocycles. The van der Waals surface area contributed by atoms with E-state index in [1.54, 1.807) is 26.4 Å². The first-order chi connectivity index (χ1) is 10.9. The summed E-state index contributed by atoms with van der Waals surface area (Å²) in [4.78, 5) is 12.5. The second-order valence-electron chi connectivity index (χ2n) is 5.32. The molecular formula is C17H18N2O3S. The van der Waals surface area contributed by atoms with Gasteiger partial charge in [-0.15, -0.1) is 0 Å². The maximum absolute atomic E-state index is 12.2. The van der Waals surface area contributed by atoms with Crippen molar-refractivity contribution >= 4 is 28.6 Å². The summed E-state index contributed by atoms with van der Waals surface area (Å²) >= 11 is 5.27.